The molecule has 8 heteroatoms. The SMILES string of the molecule is O=C(CN1c2ccc(Br)cc2-c2ccccc2S1(=O)=O)NC[C@H]1CCCO1. The smallest absolute Gasteiger partial charge is 0.265 e. The van der Waals surface area contributed by atoms with Gasteiger partial charge >= 0.3 is 0 Å². The average molecular weight is 451 g/mol. The van der Waals surface area contributed by atoms with E-state index >= 15 is 0 Å². The fraction of sp³-hybridized carbons (Fsp3) is 0.316. The molecule has 0 spiro atoms. The topological polar surface area (TPSA) is 75.7 Å². The molecule has 0 radical (unpaired) electrons. The van der Waals surface area contributed by atoms with Crippen LogP contribution in [0.5, 0.6) is 0 Å². The molecule has 1 N–H and O–H groups in total. The second-order valence-electron chi connectivity index (χ2n) is 6.61. The Kier molecular flexibility index (Phi) is 4.96. The van der Waals surface area contributed by atoms with Gasteiger partial charge in [-0.2, -0.15) is 0 Å². The molecule has 2 heterocycles. The third-order valence-corrected chi connectivity index (χ3v) is 7.12. The van der Waals surface area contributed by atoms with Crippen molar-refractivity contribution in [1.82, 2.24) is 5.32 Å². The molecule has 1 amide bonds. The van der Waals surface area contributed by atoms with Gasteiger partial charge in [-0.05, 0) is 37.1 Å². The van der Waals surface area contributed by atoms with Gasteiger partial charge in [0.15, 0.2) is 0 Å². The first-order chi connectivity index (χ1) is 13.0. The number of rotatable bonds is 4. The van der Waals surface area contributed by atoms with E-state index in [0.29, 0.717) is 24.4 Å². The number of benzene rings is 2. The zero-order valence-electron chi connectivity index (χ0n) is 14.5. The lowest BCUT2D eigenvalue weighted by molar-refractivity contribution is -0.120. The molecular weight excluding hydrogens is 432 g/mol. The van der Waals surface area contributed by atoms with Crippen LogP contribution in [0, 0.1) is 0 Å². The predicted molar refractivity (Wildman–Crippen MR) is 106 cm³/mol. The third-order valence-electron chi connectivity index (χ3n) is 4.81. The molecule has 0 saturated carbocycles. The van der Waals surface area contributed by atoms with Gasteiger partial charge in [-0.15, -0.1) is 0 Å². The molecule has 1 saturated heterocycles. The number of carbonyl (C=O) groups excluding carboxylic acids is 1. The lowest BCUT2D eigenvalue weighted by Crippen LogP contribution is -2.44. The Balaban J connectivity index is 1.65. The molecule has 6 nitrogen and oxygen atoms in total. The van der Waals surface area contributed by atoms with E-state index < -0.39 is 10.0 Å². The second kappa shape index (κ2) is 7.26. The van der Waals surface area contributed by atoms with Crippen molar-refractivity contribution < 1.29 is 17.9 Å². The Morgan fingerprint density at radius 2 is 2.04 bits per heavy atom. The highest BCUT2D eigenvalue weighted by atomic mass is 79.9. The van der Waals surface area contributed by atoms with Gasteiger partial charge in [0.1, 0.15) is 6.54 Å². The highest BCUT2D eigenvalue weighted by Crippen LogP contribution is 2.43. The number of halogens is 1. The molecule has 2 aromatic carbocycles. The van der Waals surface area contributed by atoms with Crippen molar-refractivity contribution in [2.24, 2.45) is 0 Å². The molecular formula is C19H19BrN2O4S. The first-order valence-corrected chi connectivity index (χ1v) is 11.0. The van der Waals surface area contributed by atoms with Crippen molar-refractivity contribution >= 4 is 37.5 Å². The van der Waals surface area contributed by atoms with Crippen LogP contribution in [0.1, 0.15) is 12.8 Å². The fourth-order valence-electron chi connectivity index (χ4n) is 3.49. The Labute approximate surface area is 166 Å². The number of fused-ring (bicyclic) bond motifs is 3. The van der Waals surface area contributed by atoms with Crippen LogP contribution in [0.2, 0.25) is 0 Å². The molecule has 0 bridgehead atoms. The van der Waals surface area contributed by atoms with Crippen molar-refractivity contribution in [3.63, 3.8) is 0 Å². The average Bonchev–Trinajstić information content (AvgIpc) is 3.17. The quantitative estimate of drug-likeness (QED) is 0.776. The van der Waals surface area contributed by atoms with Gasteiger partial charge in [0.2, 0.25) is 5.91 Å². The third kappa shape index (κ3) is 3.49. The molecule has 0 aromatic heterocycles. The number of anilines is 1. The van der Waals surface area contributed by atoms with Gasteiger partial charge in [-0.25, -0.2) is 8.42 Å². The van der Waals surface area contributed by atoms with Gasteiger partial charge in [-0.1, -0.05) is 34.1 Å². The fourth-order valence-corrected chi connectivity index (χ4v) is 5.50. The van der Waals surface area contributed by atoms with E-state index in [1.165, 1.54) is 4.31 Å². The molecule has 4 rings (SSSR count). The predicted octanol–water partition coefficient (Wildman–Crippen LogP) is 2.92. The van der Waals surface area contributed by atoms with E-state index in [0.717, 1.165) is 22.9 Å². The number of amides is 1. The summed E-state index contributed by atoms with van der Waals surface area (Å²) >= 11 is 3.44. The van der Waals surface area contributed by atoms with Crippen molar-refractivity contribution in [2.45, 2.75) is 23.8 Å². The zero-order valence-corrected chi connectivity index (χ0v) is 16.9. The highest BCUT2D eigenvalue weighted by Gasteiger charge is 2.36. The summed E-state index contributed by atoms with van der Waals surface area (Å²) in [5.41, 5.74) is 1.93. The minimum Gasteiger partial charge on any atom is -0.376 e. The number of nitrogens with one attached hydrogen (secondary N) is 1. The molecule has 27 heavy (non-hydrogen) atoms. The number of nitrogens with zero attached hydrogens (tertiary/aromatic N) is 1. The van der Waals surface area contributed by atoms with E-state index in [1.54, 1.807) is 30.3 Å². The molecule has 2 aliphatic heterocycles. The zero-order chi connectivity index (χ0) is 19.0. The Bertz CT molecular complexity index is 987. The molecule has 142 valence electrons. The van der Waals surface area contributed by atoms with E-state index in [4.69, 9.17) is 4.74 Å². The number of sulfonamides is 1. The van der Waals surface area contributed by atoms with Crippen LogP contribution >= 0.6 is 15.9 Å². The van der Waals surface area contributed by atoms with Gasteiger partial charge < -0.3 is 10.1 Å². The van der Waals surface area contributed by atoms with E-state index in [9.17, 15) is 13.2 Å². The van der Waals surface area contributed by atoms with Crippen LogP contribution in [0.3, 0.4) is 0 Å². The number of ether oxygens (including phenoxy) is 1. The molecule has 0 unspecified atom stereocenters. The molecule has 0 aliphatic carbocycles. The van der Waals surface area contributed by atoms with E-state index in [-0.39, 0.29) is 23.5 Å². The van der Waals surface area contributed by atoms with Crippen molar-refractivity contribution in [3.8, 4) is 11.1 Å². The Hall–Kier alpha value is -1.90. The number of carbonyl (C=O) groups is 1. The van der Waals surface area contributed by atoms with Crippen LogP contribution in [0.25, 0.3) is 11.1 Å². The Morgan fingerprint density at radius 1 is 1.22 bits per heavy atom. The molecule has 1 atom stereocenters. The maximum atomic E-state index is 13.2. The van der Waals surface area contributed by atoms with Crippen LogP contribution in [0.15, 0.2) is 51.8 Å². The lowest BCUT2D eigenvalue weighted by Gasteiger charge is -2.31. The summed E-state index contributed by atoms with van der Waals surface area (Å²) < 4.78 is 33.8. The standard InChI is InChI=1S/C19H19BrN2O4S/c20-13-7-8-17-16(10-13)15-5-1-2-6-18(15)27(24,25)22(17)12-19(23)21-11-14-4-3-9-26-14/h1-2,5-8,10,14H,3-4,9,11-12H2,(H,21,23)/t14-/m1/s1. The van der Waals surface area contributed by atoms with Crippen molar-refractivity contribution in [1.29, 1.82) is 0 Å². The first-order valence-electron chi connectivity index (χ1n) is 8.77. The van der Waals surface area contributed by atoms with Gasteiger partial charge in [-0.3, -0.25) is 9.10 Å². The van der Waals surface area contributed by atoms with E-state index in [1.807, 2.05) is 12.1 Å². The van der Waals surface area contributed by atoms with Gasteiger partial charge in [0.05, 0.1) is 16.7 Å². The number of hydrogen-bond acceptors (Lipinski definition) is 4. The minimum absolute atomic E-state index is 0.0101. The molecule has 2 aliphatic rings. The maximum Gasteiger partial charge on any atom is 0.265 e. The summed E-state index contributed by atoms with van der Waals surface area (Å²) in [6.07, 6.45) is 1.91. The Morgan fingerprint density at radius 3 is 2.81 bits per heavy atom. The van der Waals surface area contributed by atoms with Gasteiger partial charge in [0.25, 0.3) is 10.0 Å². The second-order valence-corrected chi connectivity index (χ2v) is 9.35. The van der Waals surface area contributed by atoms with Crippen LogP contribution < -0.4 is 9.62 Å². The maximum absolute atomic E-state index is 13.2. The summed E-state index contributed by atoms with van der Waals surface area (Å²) in [7, 11) is -3.82. The van der Waals surface area contributed by atoms with Crippen LogP contribution in [-0.4, -0.2) is 40.1 Å². The highest BCUT2D eigenvalue weighted by molar-refractivity contribution is 9.10. The largest absolute Gasteiger partial charge is 0.376 e. The summed E-state index contributed by atoms with van der Waals surface area (Å²) in [5.74, 6) is -0.345. The minimum atomic E-state index is -3.82. The van der Waals surface area contributed by atoms with Gasteiger partial charge in [0, 0.05) is 28.8 Å². The lowest BCUT2D eigenvalue weighted by atomic mass is 10.0. The summed E-state index contributed by atoms with van der Waals surface area (Å²) in [6.45, 7) is 0.842. The van der Waals surface area contributed by atoms with Crippen molar-refractivity contribution in [2.75, 3.05) is 24.0 Å². The number of hydrogen-bond donors (Lipinski definition) is 1. The summed E-state index contributed by atoms with van der Waals surface area (Å²) in [4.78, 5) is 12.7. The monoisotopic (exact) mass is 450 g/mol. The normalized spacial score (nSPS) is 20.0. The first kappa shape index (κ1) is 18.5. The molecule has 1 fully saturated rings. The molecule has 2 aromatic rings. The van der Waals surface area contributed by atoms with E-state index in [2.05, 4.69) is 21.2 Å². The van der Waals surface area contributed by atoms with Crippen LogP contribution in [0.4, 0.5) is 5.69 Å². The van der Waals surface area contributed by atoms with Crippen LogP contribution in [-0.2, 0) is 19.6 Å². The van der Waals surface area contributed by atoms with Crippen molar-refractivity contribution in [3.05, 3.63) is 46.9 Å². The summed E-state index contributed by atoms with van der Waals surface area (Å²) in [6, 6.07) is 12.2. The summed E-state index contributed by atoms with van der Waals surface area (Å²) in [5, 5.41) is 2.80.